The molecule has 1 aromatic carbocycles. The number of carboxylic acids is 1. The number of rotatable bonds is 7. The van der Waals surface area contributed by atoms with Crippen LogP contribution in [0.15, 0.2) is 24.3 Å². The van der Waals surface area contributed by atoms with Gasteiger partial charge in [-0.2, -0.15) is 5.48 Å². The van der Waals surface area contributed by atoms with E-state index in [1.165, 1.54) is 21.0 Å². The number of hydroxylamine groups is 1. The molecule has 0 spiro atoms. The molecule has 0 bridgehead atoms. The lowest BCUT2D eigenvalue weighted by Gasteiger charge is -2.39. The number of hydrogen-bond acceptors (Lipinski definition) is 11. The quantitative estimate of drug-likeness (QED) is 0.301. The van der Waals surface area contributed by atoms with Gasteiger partial charge in [-0.05, 0) is 38.1 Å². The maximum Gasteiger partial charge on any atom is 0.300 e. The van der Waals surface area contributed by atoms with Crippen molar-refractivity contribution in [2.24, 2.45) is 0 Å². The SMILES string of the molecule is CC(=O)O.CC=O.CC=O.CO.CONC1OC(Oc2ccc3[nH]c(C=O)cc3c2)CC(OC)C1OC. The molecule has 1 aliphatic heterocycles. The number of aliphatic hydroxyl groups excluding tert-OH is 1. The lowest BCUT2D eigenvalue weighted by Crippen LogP contribution is -2.56. The molecule has 2 aromatic rings. The molecule has 4 unspecified atom stereocenters. The predicted molar refractivity (Wildman–Crippen MR) is 134 cm³/mol. The lowest BCUT2D eigenvalue weighted by atomic mass is 10.1. The average Bonchev–Trinajstić information content (AvgIpc) is 3.28. The molecule has 0 amide bonds. The summed E-state index contributed by atoms with van der Waals surface area (Å²) in [4.78, 5) is 45.5. The van der Waals surface area contributed by atoms with Gasteiger partial charge < -0.3 is 48.6 Å². The minimum absolute atomic E-state index is 0.214. The zero-order valence-corrected chi connectivity index (χ0v) is 22.1. The van der Waals surface area contributed by atoms with Crippen LogP contribution in [0.2, 0.25) is 0 Å². The number of carboxylic acid groups (broad SMARTS) is 1. The largest absolute Gasteiger partial charge is 0.481 e. The summed E-state index contributed by atoms with van der Waals surface area (Å²) in [6.07, 6.45) is 1.17. The van der Waals surface area contributed by atoms with Crippen LogP contribution in [0, 0.1) is 0 Å². The van der Waals surface area contributed by atoms with Crippen molar-refractivity contribution in [3.05, 3.63) is 30.0 Å². The summed E-state index contributed by atoms with van der Waals surface area (Å²) >= 11 is 0. The maximum absolute atomic E-state index is 10.9. The number of methoxy groups -OCH3 is 2. The van der Waals surface area contributed by atoms with Crippen molar-refractivity contribution in [2.75, 3.05) is 28.4 Å². The van der Waals surface area contributed by atoms with E-state index in [1.807, 2.05) is 18.2 Å². The molecular formula is C24H38N2O11. The number of ether oxygens (including phenoxy) is 4. The Kier molecular flexibility index (Phi) is 21.4. The van der Waals surface area contributed by atoms with Crippen molar-refractivity contribution in [1.82, 2.24) is 10.5 Å². The molecule has 13 nitrogen and oxygen atoms in total. The Bertz CT molecular complexity index is 894. The number of carbonyl (C=O) groups is 4. The van der Waals surface area contributed by atoms with E-state index >= 15 is 0 Å². The highest BCUT2D eigenvalue weighted by Gasteiger charge is 2.40. The van der Waals surface area contributed by atoms with Gasteiger partial charge in [0.25, 0.3) is 5.97 Å². The number of aliphatic carboxylic acids is 1. The summed E-state index contributed by atoms with van der Waals surface area (Å²) in [6, 6.07) is 7.30. The molecule has 0 radical (unpaired) electrons. The first-order chi connectivity index (χ1) is 17.7. The number of benzene rings is 1. The maximum atomic E-state index is 10.9. The van der Waals surface area contributed by atoms with E-state index in [-0.39, 0.29) is 12.2 Å². The van der Waals surface area contributed by atoms with Crippen LogP contribution >= 0.6 is 0 Å². The summed E-state index contributed by atoms with van der Waals surface area (Å²) in [7, 11) is 5.72. The fourth-order valence-electron chi connectivity index (χ4n) is 3.03. The Labute approximate surface area is 215 Å². The van der Waals surface area contributed by atoms with E-state index in [1.54, 1.807) is 20.3 Å². The number of fused-ring (bicyclic) bond motifs is 1. The molecule has 0 aliphatic carbocycles. The Morgan fingerprint density at radius 3 is 2.11 bits per heavy atom. The van der Waals surface area contributed by atoms with Crippen LogP contribution in [0.5, 0.6) is 5.75 Å². The number of aldehydes is 3. The summed E-state index contributed by atoms with van der Waals surface area (Å²) < 4.78 is 22.8. The second-order valence-corrected chi connectivity index (χ2v) is 6.72. The molecule has 37 heavy (non-hydrogen) atoms. The van der Waals surface area contributed by atoms with Crippen molar-refractivity contribution >= 4 is 35.7 Å². The van der Waals surface area contributed by atoms with E-state index in [0.29, 0.717) is 17.9 Å². The molecule has 4 N–H and O–H groups in total. The third kappa shape index (κ3) is 14.2. The zero-order chi connectivity index (χ0) is 28.8. The van der Waals surface area contributed by atoms with E-state index in [4.69, 9.17) is 48.4 Å². The Morgan fingerprint density at radius 1 is 1.08 bits per heavy atom. The van der Waals surface area contributed by atoms with Crippen LogP contribution in [0.25, 0.3) is 10.9 Å². The minimum atomic E-state index is -0.833. The monoisotopic (exact) mass is 530 g/mol. The van der Waals surface area contributed by atoms with Gasteiger partial charge in [0.15, 0.2) is 12.5 Å². The van der Waals surface area contributed by atoms with E-state index in [9.17, 15) is 4.79 Å². The average molecular weight is 531 g/mol. The fraction of sp³-hybridized carbons (Fsp3) is 0.500. The number of aromatic nitrogens is 1. The first-order valence-electron chi connectivity index (χ1n) is 10.9. The van der Waals surface area contributed by atoms with Crippen molar-refractivity contribution in [1.29, 1.82) is 0 Å². The molecule has 0 saturated carbocycles. The molecule has 4 atom stereocenters. The van der Waals surface area contributed by atoms with Gasteiger partial charge >= 0.3 is 0 Å². The second-order valence-electron chi connectivity index (χ2n) is 6.72. The number of carbonyl (C=O) groups excluding carboxylic acids is 3. The van der Waals surface area contributed by atoms with Crippen LogP contribution < -0.4 is 10.2 Å². The highest BCUT2D eigenvalue weighted by Crippen LogP contribution is 2.28. The predicted octanol–water partition coefficient (Wildman–Crippen LogP) is 1.72. The fourth-order valence-corrected chi connectivity index (χ4v) is 3.03. The van der Waals surface area contributed by atoms with Gasteiger partial charge in [-0.1, -0.05) is 0 Å². The van der Waals surface area contributed by atoms with E-state index in [2.05, 4.69) is 10.5 Å². The normalized spacial score (nSPS) is 19.6. The van der Waals surface area contributed by atoms with E-state index in [0.717, 1.165) is 43.8 Å². The summed E-state index contributed by atoms with van der Waals surface area (Å²) in [5.74, 6) is -0.198. The zero-order valence-electron chi connectivity index (χ0n) is 22.1. The third-order valence-electron chi connectivity index (χ3n) is 4.20. The topological polar surface area (TPSA) is 183 Å². The standard InChI is InChI=1S/C17H22N2O6.C2H4O2.2C2H4O.CH4O/c1-21-14-8-15(25-17(19-23-3)16(14)22-2)24-12-4-5-13-10(7-12)6-11(9-20)18-13;1-2(3)4;2*1-2-3;1-2/h4-7,9,14-19H,8H2,1-3H3;1H3,(H,3,4);2*2H,1H3;2H,1H3. The van der Waals surface area contributed by atoms with Crippen molar-refractivity contribution in [2.45, 2.75) is 51.9 Å². The molecular weight excluding hydrogens is 492 g/mol. The smallest absolute Gasteiger partial charge is 0.300 e. The number of H-pyrrole nitrogens is 1. The first-order valence-corrected chi connectivity index (χ1v) is 10.9. The third-order valence-corrected chi connectivity index (χ3v) is 4.20. The Hall–Kier alpha value is -3.20. The van der Waals surface area contributed by atoms with Gasteiger partial charge in [-0.25, -0.2) is 0 Å². The van der Waals surface area contributed by atoms with Gasteiger partial charge in [-0.3, -0.25) is 9.59 Å². The van der Waals surface area contributed by atoms with Gasteiger partial charge in [0.05, 0.1) is 18.9 Å². The summed E-state index contributed by atoms with van der Waals surface area (Å²) in [5.41, 5.74) is 4.14. The molecule has 2 heterocycles. The van der Waals surface area contributed by atoms with Crippen molar-refractivity contribution in [3.63, 3.8) is 0 Å². The number of aromatic amines is 1. The van der Waals surface area contributed by atoms with Crippen LogP contribution in [-0.2, 0) is 33.4 Å². The lowest BCUT2D eigenvalue weighted by molar-refractivity contribution is -0.264. The van der Waals surface area contributed by atoms with Crippen LogP contribution in [0.1, 0.15) is 37.7 Å². The van der Waals surface area contributed by atoms with Gasteiger partial charge in [0.2, 0.25) is 6.29 Å². The Balaban J connectivity index is 0. The second kappa shape index (κ2) is 22.0. The molecule has 210 valence electrons. The van der Waals surface area contributed by atoms with Crippen LogP contribution in [0.4, 0.5) is 0 Å². The number of hydrogen-bond donors (Lipinski definition) is 4. The van der Waals surface area contributed by atoms with Crippen molar-refractivity contribution < 1.29 is 53.2 Å². The minimum Gasteiger partial charge on any atom is -0.481 e. The molecule has 3 rings (SSSR count). The molecule has 1 aromatic heterocycles. The molecule has 1 aliphatic rings. The molecule has 13 heteroatoms. The van der Waals surface area contributed by atoms with Gasteiger partial charge in [0, 0.05) is 45.6 Å². The van der Waals surface area contributed by atoms with Gasteiger partial charge in [-0.15, -0.1) is 0 Å². The summed E-state index contributed by atoms with van der Waals surface area (Å²) in [5, 5.41) is 15.3. The van der Waals surface area contributed by atoms with Crippen LogP contribution in [-0.4, -0.2) is 93.2 Å². The highest BCUT2D eigenvalue weighted by molar-refractivity contribution is 5.88. The number of aliphatic hydroxyl groups is 1. The van der Waals surface area contributed by atoms with Gasteiger partial charge in [0.1, 0.15) is 24.4 Å². The highest BCUT2D eigenvalue weighted by atomic mass is 16.7. The summed E-state index contributed by atoms with van der Waals surface area (Å²) in [6.45, 7) is 3.97. The Morgan fingerprint density at radius 2 is 1.65 bits per heavy atom. The van der Waals surface area contributed by atoms with Crippen LogP contribution in [0.3, 0.4) is 0 Å². The van der Waals surface area contributed by atoms with Crippen molar-refractivity contribution in [3.8, 4) is 5.75 Å². The first kappa shape index (κ1) is 36.0. The van der Waals surface area contributed by atoms with E-state index < -0.39 is 18.5 Å². The molecule has 1 fully saturated rings. The molecule has 1 saturated heterocycles. The number of nitrogens with one attached hydrogen (secondary N) is 2.